The number of anilines is 1. The van der Waals surface area contributed by atoms with Gasteiger partial charge >= 0.3 is 0 Å². The summed E-state index contributed by atoms with van der Waals surface area (Å²) in [7, 11) is -2.71. The largest absolute Gasteiger partial charge is 0.497 e. The van der Waals surface area contributed by atoms with Gasteiger partial charge in [0.2, 0.25) is 11.8 Å². The molecule has 2 amide bonds. The van der Waals surface area contributed by atoms with Crippen molar-refractivity contribution in [3.8, 4) is 5.75 Å². The quantitative estimate of drug-likeness (QED) is 0.279. The minimum Gasteiger partial charge on any atom is -0.497 e. The highest BCUT2D eigenvalue weighted by atomic mass is 35.5. The fraction of sp³-hybridized carbons (Fsp3) is 0.333. The Morgan fingerprint density at radius 1 is 1.02 bits per heavy atom. The van der Waals surface area contributed by atoms with E-state index in [1.807, 2.05) is 38.1 Å². The fourth-order valence-electron chi connectivity index (χ4n) is 4.04. The third-order valence-electron chi connectivity index (χ3n) is 6.49. The van der Waals surface area contributed by atoms with Gasteiger partial charge in [-0.15, -0.1) is 0 Å². The maximum absolute atomic E-state index is 13.9. The second-order valence-electron chi connectivity index (χ2n) is 9.49. The molecule has 10 heteroatoms. The summed E-state index contributed by atoms with van der Waals surface area (Å²) in [6, 6.07) is 19.0. The molecule has 8 nitrogen and oxygen atoms in total. The van der Waals surface area contributed by atoms with E-state index in [1.54, 1.807) is 25.1 Å². The molecule has 0 aliphatic heterocycles. The van der Waals surface area contributed by atoms with Crippen molar-refractivity contribution in [1.82, 2.24) is 10.2 Å². The molecular weight excluding hydrogens is 550 g/mol. The molecule has 0 spiro atoms. The first-order valence-corrected chi connectivity index (χ1v) is 14.9. The Labute approximate surface area is 241 Å². The Hall–Kier alpha value is -3.56. The van der Waals surface area contributed by atoms with E-state index in [0.29, 0.717) is 17.3 Å². The molecule has 3 rings (SSSR count). The summed E-state index contributed by atoms with van der Waals surface area (Å²) in [5, 5.41) is 3.20. The molecule has 0 radical (unpaired) electrons. The number of rotatable bonds is 13. The molecule has 0 aromatic heterocycles. The first-order chi connectivity index (χ1) is 19.1. The van der Waals surface area contributed by atoms with Gasteiger partial charge in [-0.05, 0) is 68.3 Å². The molecule has 1 N–H and O–H groups in total. The smallest absolute Gasteiger partial charge is 0.264 e. The number of carbonyl (C=O) groups is 2. The van der Waals surface area contributed by atoms with Crippen molar-refractivity contribution < 1.29 is 22.7 Å². The SMILES string of the molecule is CCCCNC(=O)C(C)N(Cc1ccc(C)cc1)C(=O)CN(c1cccc(Cl)c1)S(=O)(=O)c1ccc(OC)cc1. The molecule has 0 fully saturated rings. The van der Waals surface area contributed by atoms with Crippen LogP contribution in [0.2, 0.25) is 5.02 Å². The molecule has 3 aromatic rings. The van der Waals surface area contributed by atoms with Gasteiger partial charge in [0, 0.05) is 18.1 Å². The summed E-state index contributed by atoms with van der Waals surface area (Å²) >= 11 is 6.21. The highest BCUT2D eigenvalue weighted by Gasteiger charge is 2.32. The van der Waals surface area contributed by atoms with Crippen LogP contribution in [0, 0.1) is 6.92 Å². The molecule has 1 atom stereocenters. The molecule has 0 heterocycles. The van der Waals surface area contributed by atoms with E-state index >= 15 is 0 Å². The monoisotopic (exact) mass is 585 g/mol. The third-order valence-corrected chi connectivity index (χ3v) is 8.52. The molecule has 0 aliphatic rings. The standard InChI is InChI=1S/C30H36ClN3O5S/c1-5-6-18-32-30(36)23(3)33(20-24-12-10-22(2)11-13-24)29(35)21-34(26-9-7-8-25(31)19-26)40(37,38)28-16-14-27(39-4)15-17-28/h7-17,19,23H,5-6,18,20-21H2,1-4H3,(H,32,36). The Morgan fingerprint density at radius 2 is 1.70 bits per heavy atom. The zero-order valence-corrected chi connectivity index (χ0v) is 24.8. The predicted octanol–water partition coefficient (Wildman–Crippen LogP) is 5.19. The summed E-state index contributed by atoms with van der Waals surface area (Å²) in [6.07, 6.45) is 1.73. The Balaban J connectivity index is 2.00. The highest BCUT2D eigenvalue weighted by molar-refractivity contribution is 7.92. The Morgan fingerprint density at radius 3 is 2.30 bits per heavy atom. The first-order valence-electron chi connectivity index (χ1n) is 13.1. The highest BCUT2D eigenvalue weighted by Crippen LogP contribution is 2.28. The molecule has 0 saturated heterocycles. The van der Waals surface area contributed by atoms with E-state index in [2.05, 4.69) is 5.32 Å². The zero-order chi connectivity index (χ0) is 29.3. The molecule has 0 aliphatic carbocycles. The van der Waals surface area contributed by atoms with Crippen LogP contribution in [0.15, 0.2) is 77.7 Å². The number of carbonyl (C=O) groups excluding carboxylic acids is 2. The van der Waals surface area contributed by atoms with Crippen molar-refractivity contribution in [3.05, 3.63) is 88.9 Å². The number of amides is 2. The lowest BCUT2D eigenvalue weighted by Crippen LogP contribution is -2.51. The number of ether oxygens (including phenoxy) is 1. The number of benzene rings is 3. The van der Waals surface area contributed by atoms with Crippen molar-refractivity contribution in [2.45, 2.75) is 51.1 Å². The summed E-state index contributed by atoms with van der Waals surface area (Å²) in [4.78, 5) is 28.3. The molecular formula is C30H36ClN3O5S. The molecule has 40 heavy (non-hydrogen) atoms. The third kappa shape index (κ3) is 7.99. The van der Waals surface area contributed by atoms with Gasteiger partial charge in [-0.1, -0.05) is 60.8 Å². The van der Waals surface area contributed by atoms with Crippen LogP contribution in [0.3, 0.4) is 0 Å². The maximum Gasteiger partial charge on any atom is 0.264 e. The lowest BCUT2D eigenvalue weighted by Gasteiger charge is -2.32. The number of nitrogens with zero attached hydrogens (tertiary/aromatic N) is 2. The average molecular weight is 586 g/mol. The van der Waals surface area contributed by atoms with Crippen LogP contribution in [-0.4, -0.2) is 51.4 Å². The molecule has 0 bridgehead atoms. The van der Waals surface area contributed by atoms with Gasteiger partial charge in [-0.2, -0.15) is 0 Å². The molecule has 0 saturated carbocycles. The molecule has 214 valence electrons. The van der Waals surface area contributed by atoms with Crippen LogP contribution in [0.1, 0.15) is 37.8 Å². The number of nitrogens with one attached hydrogen (secondary N) is 1. The lowest BCUT2D eigenvalue weighted by atomic mass is 10.1. The van der Waals surface area contributed by atoms with Crippen LogP contribution in [-0.2, 0) is 26.2 Å². The predicted molar refractivity (Wildman–Crippen MR) is 158 cm³/mol. The number of unbranched alkanes of at least 4 members (excludes halogenated alkanes) is 1. The Bertz CT molecular complexity index is 1400. The van der Waals surface area contributed by atoms with Gasteiger partial charge in [-0.3, -0.25) is 13.9 Å². The fourth-order valence-corrected chi connectivity index (χ4v) is 5.63. The van der Waals surface area contributed by atoms with Crippen molar-refractivity contribution in [2.75, 3.05) is 24.5 Å². The van der Waals surface area contributed by atoms with Gasteiger partial charge in [0.25, 0.3) is 10.0 Å². The average Bonchev–Trinajstić information content (AvgIpc) is 2.95. The molecule has 1 unspecified atom stereocenters. The van der Waals surface area contributed by atoms with E-state index in [-0.39, 0.29) is 23.0 Å². The van der Waals surface area contributed by atoms with Gasteiger partial charge in [0.05, 0.1) is 17.7 Å². The van der Waals surface area contributed by atoms with Crippen LogP contribution < -0.4 is 14.4 Å². The van der Waals surface area contributed by atoms with E-state index < -0.39 is 28.5 Å². The van der Waals surface area contributed by atoms with Crippen molar-refractivity contribution in [1.29, 1.82) is 0 Å². The summed E-state index contributed by atoms with van der Waals surface area (Å²) < 4.78 is 33.9. The number of hydrogen-bond acceptors (Lipinski definition) is 5. The van der Waals surface area contributed by atoms with Gasteiger partial charge in [0.1, 0.15) is 18.3 Å². The van der Waals surface area contributed by atoms with E-state index in [9.17, 15) is 18.0 Å². The minimum atomic E-state index is -4.20. The lowest BCUT2D eigenvalue weighted by molar-refractivity contribution is -0.139. The first kappa shape index (κ1) is 31.0. The molecule has 3 aromatic carbocycles. The summed E-state index contributed by atoms with van der Waals surface area (Å²) in [5.74, 6) is -0.339. The van der Waals surface area contributed by atoms with Gasteiger partial charge in [-0.25, -0.2) is 8.42 Å². The van der Waals surface area contributed by atoms with Crippen LogP contribution >= 0.6 is 11.6 Å². The van der Waals surface area contributed by atoms with Crippen molar-refractivity contribution in [3.63, 3.8) is 0 Å². The van der Waals surface area contributed by atoms with E-state index in [0.717, 1.165) is 28.3 Å². The van der Waals surface area contributed by atoms with Crippen LogP contribution in [0.4, 0.5) is 5.69 Å². The van der Waals surface area contributed by atoms with E-state index in [4.69, 9.17) is 16.3 Å². The Kier molecular flexibility index (Phi) is 11.0. The number of halogens is 1. The minimum absolute atomic E-state index is 0.0171. The maximum atomic E-state index is 13.9. The second-order valence-corrected chi connectivity index (χ2v) is 11.8. The van der Waals surface area contributed by atoms with Gasteiger partial charge < -0.3 is 15.0 Å². The zero-order valence-electron chi connectivity index (χ0n) is 23.3. The topological polar surface area (TPSA) is 96.0 Å². The normalized spacial score (nSPS) is 11.9. The van der Waals surface area contributed by atoms with E-state index in [1.165, 1.54) is 42.3 Å². The summed E-state index contributed by atoms with van der Waals surface area (Å²) in [5.41, 5.74) is 2.11. The van der Waals surface area contributed by atoms with Crippen molar-refractivity contribution in [2.24, 2.45) is 0 Å². The summed E-state index contributed by atoms with van der Waals surface area (Å²) in [6.45, 7) is 5.72. The number of methoxy groups -OCH3 is 1. The van der Waals surface area contributed by atoms with Crippen LogP contribution in [0.25, 0.3) is 0 Å². The van der Waals surface area contributed by atoms with Crippen molar-refractivity contribution >= 4 is 39.1 Å². The van der Waals surface area contributed by atoms with Gasteiger partial charge in [0.15, 0.2) is 0 Å². The number of sulfonamides is 1. The van der Waals surface area contributed by atoms with Crippen LogP contribution in [0.5, 0.6) is 5.75 Å². The number of aryl methyl sites for hydroxylation is 1. The second kappa shape index (κ2) is 14.2. The number of hydrogen-bond donors (Lipinski definition) is 1.